The maximum absolute atomic E-state index is 11.0. The molecule has 0 atom stereocenters. The van der Waals surface area contributed by atoms with Crippen LogP contribution in [0.25, 0.3) is 6.08 Å². The van der Waals surface area contributed by atoms with Gasteiger partial charge in [0.25, 0.3) is 5.91 Å². The Morgan fingerprint density at radius 2 is 2.22 bits per heavy atom. The summed E-state index contributed by atoms with van der Waals surface area (Å²) in [6.45, 7) is 5.49. The van der Waals surface area contributed by atoms with Crippen LogP contribution >= 0.6 is 0 Å². The Kier molecular flexibility index (Phi) is 5.18. The highest BCUT2D eigenvalue weighted by molar-refractivity contribution is 5.91. The van der Waals surface area contributed by atoms with Gasteiger partial charge >= 0.3 is 0 Å². The van der Waals surface area contributed by atoms with E-state index in [1.54, 1.807) is 23.8 Å². The number of aryl methyl sites for hydroxylation is 1. The lowest BCUT2D eigenvalue weighted by Crippen LogP contribution is -2.12. The molecule has 0 aromatic heterocycles. The van der Waals surface area contributed by atoms with Gasteiger partial charge in [0, 0.05) is 12.3 Å². The molecular weight excluding hydrogens is 230 g/mol. The van der Waals surface area contributed by atoms with Crippen LogP contribution in [0, 0.1) is 11.8 Å². The van der Waals surface area contributed by atoms with E-state index in [1.807, 2.05) is 25.1 Å². The number of carbonyl (C=O) groups excluding carboxylic acids is 1. The number of hydrogen-bond acceptors (Lipinski definition) is 4. The predicted octanol–water partition coefficient (Wildman–Crippen LogP) is 2.69. The molecule has 0 saturated heterocycles. The summed E-state index contributed by atoms with van der Waals surface area (Å²) in [6, 6.07) is 5.57. The van der Waals surface area contributed by atoms with Crippen LogP contribution in [0.15, 0.2) is 47.2 Å². The van der Waals surface area contributed by atoms with Gasteiger partial charge in [0.05, 0.1) is 11.0 Å². The first kappa shape index (κ1) is 13.5. The van der Waals surface area contributed by atoms with Crippen molar-refractivity contribution in [2.45, 2.75) is 6.92 Å². The molecule has 0 heterocycles. The minimum atomic E-state index is -0.568. The van der Waals surface area contributed by atoms with Crippen LogP contribution in [0.4, 0.5) is 5.69 Å². The molecule has 0 fully saturated rings. The van der Waals surface area contributed by atoms with E-state index < -0.39 is 5.91 Å². The molecule has 0 spiro atoms. The van der Waals surface area contributed by atoms with Crippen molar-refractivity contribution in [3.05, 3.63) is 53.0 Å². The molecule has 0 aliphatic rings. The van der Waals surface area contributed by atoms with Crippen LogP contribution in [-0.2, 0) is 4.79 Å². The zero-order valence-corrected chi connectivity index (χ0v) is 9.96. The molecule has 0 saturated carbocycles. The molecule has 5 heteroatoms. The van der Waals surface area contributed by atoms with E-state index in [2.05, 4.69) is 16.9 Å². The summed E-state index contributed by atoms with van der Waals surface area (Å²) < 4.78 is 0. The Hall–Kier alpha value is -2.56. The van der Waals surface area contributed by atoms with Crippen molar-refractivity contribution in [3.8, 4) is 0 Å². The van der Waals surface area contributed by atoms with Gasteiger partial charge in [-0.3, -0.25) is 9.79 Å². The lowest BCUT2D eigenvalue weighted by atomic mass is 10.1. The minimum absolute atomic E-state index is 0.568. The van der Waals surface area contributed by atoms with E-state index in [1.165, 1.54) is 6.08 Å². The molecule has 1 rings (SSSR count). The third-order valence-electron chi connectivity index (χ3n) is 2.14. The van der Waals surface area contributed by atoms with Crippen molar-refractivity contribution in [2.75, 3.05) is 0 Å². The third-order valence-corrected chi connectivity index (χ3v) is 2.14. The van der Waals surface area contributed by atoms with Crippen LogP contribution in [0.5, 0.6) is 0 Å². The SMILES string of the molecule is C=CC=Nc1cc(/C=C/C(=O)NN=O)ccc1C. The number of nitrogens with one attached hydrogen (secondary N) is 1. The fourth-order valence-corrected chi connectivity index (χ4v) is 1.26. The predicted molar refractivity (Wildman–Crippen MR) is 72.5 cm³/mol. The summed E-state index contributed by atoms with van der Waals surface area (Å²) in [7, 11) is 0. The summed E-state index contributed by atoms with van der Waals surface area (Å²) in [4.78, 5) is 25.0. The molecule has 92 valence electrons. The average Bonchev–Trinajstić information content (AvgIpc) is 2.36. The summed E-state index contributed by atoms with van der Waals surface area (Å²) in [5.41, 5.74) is 4.40. The molecule has 18 heavy (non-hydrogen) atoms. The lowest BCUT2D eigenvalue weighted by Gasteiger charge is -2.01. The van der Waals surface area contributed by atoms with Crippen molar-refractivity contribution < 1.29 is 4.79 Å². The van der Waals surface area contributed by atoms with Gasteiger partial charge in [-0.2, -0.15) is 0 Å². The zero-order chi connectivity index (χ0) is 13.4. The number of nitrogens with zero attached hydrogens (tertiary/aromatic N) is 2. The average molecular weight is 243 g/mol. The van der Waals surface area contributed by atoms with Crippen LogP contribution in [0.3, 0.4) is 0 Å². The first-order valence-electron chi connectivity index (χ1n) is 5.23. The second-order valence-corrected chi connectivity index (χ2v) is 3.46. The molecular formula is C13H13N3O2. The fraction of sp³-hybridized carbons (Fsp3) is 0.0769. The number of carbonyl (C=O) groups is 1. The Morgan fingerprint density at radius 1 is 1.44 bits per heavy atom. The van der Waals surface area contributed by atoms with Crippen LogP contribution in [0.1, 0.15) is 11.1 Å². The molecule has 1 N–H and O–H groups in total. The highest BCUT2D eigenvalue weighted by Crippen LogP contribution is 2.20. The Bertz CT molecular complexity index is 519. The van der Waals surface area contributed by atoms with E-state index >= 15 is 0 Å². The monoisotopic (exact) mass is 243 g/mol. The van der Waals surface area contributed by atoms with Crippen molar-refractivity contribution in [1.29, 1.82) is 0 Å². The van der Waals surface area contributed by atoms with Crippen molar-refractivity contribution in [3.63, 3.8) is 0 Å². The van der Waals surface area contributed by atoms with Gasteiger partial charge in [-0.15, -0.1) is 4.91 Å². The minimum Gasteiger partial charge on any atom is -0.268 e. The fourth-order valence-electron chi connectivity index (χ4n) is 1.26. The molecule has 5 nitrogen and oxygen atoms in total. The molecule has 0 unspecified atom stereocenters. The maximum atomic E-state index is 11.0. The van der Waals surface area contributed by atoms with Gasteiger partial charge in [-0.05, 0) is 30.2 Å². The molecule has 1 aromatic rings. The zero-order valence-electron chi connectivity index (χ0n) is 9.96. The van der Waals surface area contributed by atoms with Gasteiger partial charge in [-0.1, -0.05) is 24.8 Å². The van der Waals surface area contributed by atoms with E-state index in [0.717, 1.165) is 16.8 Å². The highest BCUT2D eigenvalue weighted by Gasteiger charge is 1.97. The van der Waals surface area contributed by atoms with E-state index in [-0.39, 0.29) is 0 Å². The first-order valence-corrected chi connectivity index (χ1v) is 5.23. The van der Waals surface area contributed by atoms with Crippen LogP contribution in [0.2, 0.25) is 0 Å². The number of rotatable bonds is 5. The number of amides is 1. The van der Waals surface area contributed by atoms with Crippen molar-refractivity contribution in [2.24, 2.45) is 10.3 Å². The van der Waals surface area contributed by atoms with Crippen LogP contribution < -0.4 is 5.43 Å². The quantitative estimate of drug-likeness (QED) is 0.374. The Labute approximate surface area is 105 Å². The maximum Gasteiger partial charge on any atom is 0.266 e. The normalized spacial score (nSPS) is 10.7. The molecule has 0 bridgehead atoms. The van der Waals surface area contributed by atoms with Gasteiger partial charge in [0.1, 0.15) is 0 Å². The lowest BCUT2D eigenvalue weighted by molar-refractivity contribution is -0.116. The molecule has 1 aromatic carbocycles. The van der Waals surface area contributed by atoms with Gasteiger partial charge in [-0.25, -0.2) is 5.43 Å². The summed E-state index contributed by atoms with van der Waals surface area (Å²) in [5, 5.41) is 2.28. The number of hydrogen-bond donors (Lipinski definition) is 1. The number of benzene rings is 1. The van der Waals surface area contributed by atoms with E-state index in [9.17, 15) is 9.70 Å². The molecule has 0 aliphatic heterocycles. The molecule has 1 amide bonds. The van der Waals surface area contributed by atoms with Crippen molar-refractivity contribution in [1.82, 2.24) is 5.43 Å². The summed E-state index contributed by atoms with van der Waals surface area (Å²) in [6.07, 6.45) is 5.99. The van der Waals surface area contributed by atoms with Gasteiger partial charge < -0.3 is 0 Å². The largest absolute Gasteiger partial charge is 0.268 e. The topological polar surface area (TPSA) is 70.9 Å². The standard InChI is InChI=1S/C13H13N3O2/c1-3-8-14-12-9-11(5-4-10(12)2)6-7-13(17)15-16-18/h3-9H,1H2,2H3,(H,15,17,18)/b7-6+,14-8?. The first-order chi connectivity index (χ1) is 8.67. The van der Waals surface area contributed by atoms with Crippen LogP contribution in [-0.4, -0.2) is 12.1 Å². The van der Waals surface area contributed by atoms with Gasteiger partial charge in [0.2, 0.25) is 0 Å². The second kappa shape index (κ2) is 6.90. The Balaban J connectivity index is 2.91. The van der Waals surface area contributed by atoms with E-state index in [4.69, 9.17) is 0 Å². The Morgan fingerprint density at radius 3 is 2.89 bits per heavy atom. The molecule has 0 radical (unpaired) electrons. The summed E-state index contributed by atoms with van der Waals surface area (Å²) >= 11 is 0. The summed E-state index contributed by atoms with van der Waals surface area (Å²) in [5.74, 6) is -0.568. The third kappa shape index (κ3) is 4.13. The van der Waals surface area contributed by atoms with Gasteiger partial charge in [0.15, 0.2) is 0 Å². The smallest absolute Gasteiger partial charge is 0.266 e. The number of nitroso groups, excluding NO2 is 1. The number of aliphatic imine (C=N–C) groups is 1. The number of allylic oxidation sites excluding steroid dienone is 1. The molecule has 0 aliphatic carbocycles. The second-order valence-electron chi connectivity index (χ2n) is 3.46. The van der Waals surface area contributed by atoms with Crippen molar-refractivity contribution >= 4 is 23.9 Å². The highest BCUT2D eigenvalue weighted by atomic mass is 16.3. The van der Waals surface area contributed by atoms with E-state index in [0.29, 0.717) is 0 Å².